The number of carbonyl (C=O) groups excluding carboxylic acids is 1. The second kappa shape index (κ2) is 5.85. The van der Waals surface area contributed by atoms with E-state index in [9.17, 15) is 4.79 Å². The van der Waals surface area contributed by atoms with Crippen molar-refractivity contribution in [3.05, 3.63) is 0 Å². The largest absolute Gasteiger partial charge is 0.342 e. The van der Waals surface area contributed by atoms with Crippen LogP contribution in [-0.4, -0.2) is 37.0 Å². The molecule has 1 unspecified atom stereocenters. The van der Waals surface area contributed by atoms with Crippen LogP contribution >= 0.6 is 0 Å². The zero-order valence-electron chi connectivity index (χ0n) is 12.0. The maximum Gasteiger partial charge on any atom is 0.230 e. The Hall–Kier alpha value is -0.570. The van der Waals surface area contributed by atoms with E-state index in [1.54, 1.807) is 0 Å². The fourth-order valence-corrected chi connectivity index (χ4v) is 2.74. The van der Waals surface area contributed by atoms with Crippen molar-refractivity contribution in [1.82, 2.24) is 10.2 Å². The summed E-state index contributed by atoms with van der Waals surface area (Å²) in [6.07, 6.45) is 0.984. The topological polar surface area (TPSA) is 32.3 Å². The smallest absolute Gasteiger partial charge is 0.230 e. The number of nitrogens with one attached hydrogen (secondary N) is 1. The summed E-state index contributed by atoms with van der Waals surface area (Å²) in [5.74, 6) is 1.30. The first-order chi connectivity index (χ1) is 7.94. The zero-order chi connectivity index (χ0) is 13.1. The second-order valence-electron chi connectivity index (χ2n) is 5.98. The molecule has 3 nitrogen and oxygen atoms in total. The Morgan fingerprint density at radius 2 is 2.00 bits per heavy atom. The van der Waals surface area contributed by atoms with Crippen LogP contribution in [-0.2, 0) is 4.79 Å². The molecule has 0 spiro atoms. The molecule has 1 amide bonds. The van der Waals surface area contributed by atoms with Gasteiger partial charge in [0.25, 0.3) is 0 Å². The minimum Gasteiger partial charge on any atom is -0.342 e. The monoisotopic (exact) mass is 240 g/mol. The maximum absolute atomic E-state index is 12.8. The van der Waals surface area contributed by atoms with Gasteiger partial charge in [-0.05, 0) is 31.7 Å². The summed E-state index contributed by atoms with van der Waals surface area (Å²) >= 11 is 0. The van der Waals surface area contributed by atoms with E-state index < -0.39 is 0 Å². The van der Waals surface area contributed by atoms with Gasteiger partial charge >= 0.3 is 0 Å². The van der Waals surface area contributed by atoms with Gasteiger partial charge in [0.05, 0.1) is 5.41 Å². The van der Waals surface area contributed by atoms with Crippen molar-refractivity contribution < 1.29 is 4.79 Å². The molecule has 3 heteroatoms. The van der Waals surface area contributed by atoms with Crippen LogP contribution in [0.3, 0.4) is 0 Å². The first kappa shape index (κ1) is 14.5. The molecule has 1 aliphatic rings. The molecular weight excluding hydrogens is 212 g/mol. The molecule has 0 bridgehead atoms. The number of hydrogen-bond acceptors (Lipinski definition) is 2. The van der Waals surface area contributed by atoms with Gasteiger partial charge in [-0.3, -0.25) is 4.79 Å². The Labute approximate surface area is 106 Å². The molecule has 1 aliphatic heterocycles. The summed E-state index contributed by atoms with van der Waals surface area (Å²) in [6, 6.07) is 0. The van der Waals surface area contributed by atoms with Crippen molar-refractivity contribution in [3.8, 4) is 0 Å². The first-order valence-corrected chi connectivity index (χ1v) is 6.94. The van der Waals surface area contributed by atoms with Gasteiger partial charge in [0.15, 0.2) is 0 Å². The molecule has 1 N–H and O–H groups in total. The van der Waals surface area contributed by atoms with Crippen molar-refractivity contribution in [2.45, 2.75) is 41.0 Å². The maximum atomic E-state index is 12.8. The number of nitrogens with zero attached hydrogens (tertiary/aromatic N) is 1. The molecule has 0 saturated carbocycles. The van der Waals surface area contributed by atoms with Crippen LogP contribution in [0.1, 0.15) is 41.0 Å². The van der Waals surface area contributed by atoms with Gasteiger partial charge in [0.2, 0.25) is 5.91 Å². The van der Waals surface area contributed by atoms with Gasteiger partial charge in [0, 0.05) is 19.6 Å². The average molecular weight is 240 g/mol. The van der Waals surface area contributed by atoms with Crippen LogP contribution in [0.4, 0.5) is 0 Å². The molecule has 1 atom stereocenters. The summed E-state index contributed by atoms with van der Waals surface area (Å²) in [7, 11) is 0. The van der Waals surface area contributed by atoms with Crippen molar-refractivity contribution in [1.29, 1.82) is 0 Å². The highest BCUT2D eigenvalue weighted by atomic mass is 16.2. The molecule has 1 rings (SSSR count). The number of amides is 1. The van der Waals surface area contributed by atoms with Crippen molar-refractivity contribution in [3.63, 3.8) is 0 Å². The normalized spacial score (nSPS) is 24.6. The average Bonchev–Trinajstić information content (AvgIpc) is 2.74. The molecule has 100 valence electrons. The molecule has 1 saturated heterocycles. The molecular formula is C14H28N2O. The Balaban J connectivity index is 2.83. The van der Waals surface area contributed by atoms with Crippen LogP contribution in [0, 0.1) is 17.3 Å². The molecule has 1 heterocycles. The highest BCUT2D eigenvalue weighted by Gasteiger charge is 2.45. The van der Waals surface area contributed by atoms with E-state index in [1.807, 2.05) is 4.90 Å². The summed E-state index contributed by atoms with van der Waals surface area (Å²) < 4.78 is 0. The standard InChI is InChI=1S/C14H28N2O/c1-6-16(9-11(2)3)13(17)14(12(4)5)7-8-15-10-14/h11-12,15H,6-10H2,1-5H3. The van der Waals surface area contributed by atoms with E-state index in [4.69, 9.17) is 0 Å². The Bertz CT molecular complexity index is 255. The quantitative estimate of drug-likeness (QED) is 0.798. The Morgan fingerprint density at radius 1 is 1.35 bits per heavy atom. The van der Waals surface area contributed by atoms with Crippen LogP contribution in [0.5, 0.6) is 0 Å². The lowest BCUT2D eigenvalue weighted by Crippen LogP contribution is -2.49. The highest BCUT2D eigenvalue weighted by Crippen LogP contribution is 2.36. The summed E-state index contributed by atoms with van der Waals surface area (Å²) in [5, 5.41) is 3.36. The zero-order valence-corrected chi connectivity index (χ0v) is 12.0. The molecule has 0 aromatic carbocycles. The SMILES string of the molecule is CCN(CC(C)C)C(=O)C1(C(C)C)CCNC1. The lowest BCUT2D eigenvalue weighted by Gasteiger charge is -2.37. The van der Waals surface area contributed by atoms with E-state index in [-0.39, 0.29) is 5.41 Å². The van der Waals surface area contributed by atoms with E-state index in [0.717, 1.165) is 32.6 Å². The van der Waals surface area contributed by atoms with E-state index in [1.165, 1.54) is 0 Å². The second-order valence-corrected chi connectivity index (χ2v) is 5.98. The summed E-state index contributed by atoms with van der Waals surface area (Å²) in [6.45, 7) is 14.3. The van der Waals surface area contributed by atoms with Crippen molar-refractivity contribution in [2.24, 2.45) is 17.3 Å². The Kier molecular flexibility index (Phi) is 4.99. The predicted molar refractivity (Wildman–Crippen MR) is 71.8 cm³/mol. The van der Waals surface area contributed by atoms with E-state index in [0.29, 0.717) is 17.7 Å². The molecule has 0 aromatic heterocycles. The third-order valence-corrected chi connectivity index (χ3v) is 3.97. The number of carbonyl (C=O) groups is 1. The molecule has 1 fully saturated rings. The minimum absolute atomic E-state index is 0.162. The van der Waals surface area contributed by atoms with Crippen LogP contribution in [0.15, 0.2) is 0 Å². The van der Waals surface area contributed by atoms with Gasteiger partial charge in [-0.15, -0.1) is 0 Å². The van der Waals surface area contributed by atoms with Gasteiger partial charge < -0.3 is 10.2 Å². The lowest BCUT2D eigenvalue weighted by molar-refractivity contribution is -0.144. The molecule has 17 heavy (non-hydrogen) atoms. The molecule has 0 aromatic rings. The van der Waals surface area contributed by atoms with Gasteiger partial charge in [-0.1, -0.05) is 27.7 Å². The first-order valence-electron chi connectivity index (χ1n) is 6.94. The van der Waals surface area contributed by atoms with E-state index in [2.05, 4.69) is 39.9 Å². The summed E-state index contributed by atoms with van der Waals surface area (Å²) in [5.41, 5.74) is -0.162. The van der Waals surface area contributed by atoms with E-state index >= 15 is 0 Å². The third-order valence-electron chi connectivity index (χ3n) is 3.97. The van der Waals surface area contributed by atoms with Crippen LogP contribution in [0.25, 0.3) is 0 Å². The van der Waals surface area contributed by atoms with Gasteiger partial charge in [-0.2, -0.15) is 0 Å². The van der Waals surface area contributed by atoms with Gasteiger partial charge in [0.1, 0.15) is 0 Å². The lowest BCUT2D eigenvalue weighted by atomic mass is 9.75. The number of hydrogen-bond donors (Lipinski definition) is 1. The van der Waals surface area contributed by atoms with Gasteiger partial charge in [-0.25, -0.2) is 0 Å². The van der Waals surface area contributed by atoms with Crippen LogP contribution in [0.2, 0.25) is 0 Å². The molecule has 0 radical (unpaired) electrons. The predicted octanol–water partition coefficient (Wildman–Crippen LogP) is 2.13. The highest BCUT2D eigenvalue weighted by molar-refractivity contribution is 5.83. The third kappa shape index (κ3) is 3.01. The number of rotatable bonds is 5. The van der Waals surface area contributed by atoms with Crippen LogP contribution < -0.4 is 5.32 Å². The minimum atomic E-state index is -0.162. The fourth-order valence-electron chi connectivity index (χ4n) is 2.74. The Morgan fingerprint density at radius 3 is 2.35 bits per heavy atom. The van der Waals surface area contributed by atoms with Crippen molar-refractivity contribution >= 4 is 5.91 Å². The van der Waals surface area contributed by atoms with Crippen molar-refractivity contribution in [2.75, 3.05) is 26.2 Å². The summed E-state index contributed by atoms with van der Waals surface area (Å²) in [4.78, 5) is 14.8. The fraction of sp³-hybridized carbons (Fsp3) is 0.929. The molecule has 0 aliphatic carbocycles.